The van der Waals surface area contributed by atoms with E-state index in [9.17, 15) is 4.79 Å². The topological polar surface area (TPSA) is 56.1 Å². The molecule has 1 N–H and O–H groups in total. The van der Waals surface area contributed by atoms with Crippen LogP contribution in [0.4, 0.5) is 0 Å². The van der Waals surface area contributed by atoms with Gasteiger partial charge >= 0.3 is 5.97 Å². The smallest absolute Gasteiger partial charge is 0.307 e. The van der Waals surface area contributed by atoms with Crippen LogP contribution in [0.15, 0.2) is 42.7 Å². The first-order chi connectivity index (χ1) is 9.79. The van der Waals surface area contributed by atoms with Gasteiger partial charge in [-0.25, -0.2) is 4.68 Å². The molecular formula is C15H19N3O2. The standard InChI is InChI=1S/C15H19N3O2/c1-2-20-15(19)8-9-16-10-13-11-17-18(12-13)14-6-4-3-5-7-14/h3-7,11-12,16H,2,8-10H2,1H3. The molecule has 2 rings (SSSR count). The summed E-state index contributed by atoms with van der Waals surface area (Å²) in [5.41, 5.74) is 2.11. The highest BCUT2D eigenvalue weighted by molar-refractivity contribution is 5.69. The van der Waals surface area contributed by atoms with Crippen LogP contribution >= 0.6 is 0 Å². The van der Waals surface area contributed by atoms with Gasteiger partial charge in [0.05, 0.1) is 24.9 Å². The minimum absolute atomic E-state index is 0.167. The molecule has 5 nitrogen and oxygen atoms in total. The van der Waals surface area contributed by atoms with E-state index < -0.39 is 0 Å². The number of aromatic nitrogens is 2. The number of benzene rings is 1. The second-order valence-electron chi connectivity index (χ2n) is 4.36. The zero-order valence-corrected chi connectivity index (χ0v) is 11.6. The maximum atomic E-state index is 11.2. The predicted molar refractivity (Wildman–Crippen MR) is 76.5 cm³/mol. The molecule has 0 saturated carbocycles. The fourth-order valence-electron chi connectivity index (χ4n) is 1.83. The molecule has 106 valence electrons. The van der Waals surface area contributed by atoms with Crippen molar-refractivity contribution in [2.24, 2.45) is 0 Å². The van der Waals surface area contributed by atoms with Gasteiger partial charge < -0.3 is 10.1 Å². The van der Waals surface area contributed by atoms with Crippen LogP contribution in [0.3, 0.4) is 0 Å². The molecule has 0 amide bonds. The first-order valence-corrected chi connectivity index (χ1v) is 6.75. The molecule has 1 aromatic heterocycles. The normalized spacial score (nSPS) is 10.4. The number of hydrogen-bond donors (Lipinski definition) is 1. The lowest BCUT2D eigenvalue weighted by Crippen LogP contribution is -2.18. The van der Waals surface area contributed by atoms with E-state index in [-0.39, 0.29) is 5.97 Å². The first kappa shape index (κ1) is 14.3. The number of rotatable bonds is 7. The van der Waals surface area contributed by atoms with Crippen molar-refractivity contribution in [3.63, 3.8) is 0 Å². The Balaban J connectivity index is 1.78. The Labute approximate surface area is 118 Å². The van der Waals surface area contributed by atoms with Gasteiger partial charge in [0.25, 0.3) is 0 Å². The molecule has 1 heterocycles. The molecule has 0 spiro atoms. The number of carbonyl (C=O) groups is 1. The van der Waals surface area contributed by atoms with Gasteiger partial charge in [-0.2, -0.15) is 5.10 Å². The Morgan fingerprint density at radius 2 is 2.15 bits per heavy atom. The zero-order valence-electron chi connectivity index (χ0n) is 11.6. The van der Waals surface area contributed by atoms with Crippen LogP contribution in [0.2, 0.25) is 0 Å². The molecule has 0 atom stereocenters. The summed E-state index contributed by atoms with van der Waals surface area (Å²) in [5.74, 6) is -0.167. The third kappa shape index (κ3) is 4.20. The monoisotopic (exact) mass is 273 g/mol. The molecule has 1 aromatic carbocycles. The Bertz CT molecular complexity index is 537. The zero-order chi connectivity index (χ0) is 14.2. The summed E-state index contributed by atoms with van der Waals surface area (Å²) >= 11 is 0. The van der Waals surface area contributed by atoms with Crippen LogP contribution in [-0.2, 0) is 16.1 Å². The van der Waals surface area contributed by atoms with Crippen molar-refractivity contribution in [2.75, 3.05) is 13.2 Å². The van der Waals surface area contributed by atoms with E-state index in [4.69, 9.17) is 4.74 Å². The average Bonchev–Trinajstić information content (AvgIpc) is 2.94. The maximum Gasteiger partial charge on any atom is 0.307 e. The van der Waals surface area contributed by atoms with Crippen molar-refractivity contribution in [2.45, 2.75) is 19.9 Å². The summed E-state index contributed by atoms with van der Waals surface area (Å²) in [4.78, 5) is 11.2. The van der Waals surface area contributed by atoms with Crippen molar-refractivity contribution in [3.05, 3.63) is 48.3 Å². The van der Waals surface area contributed by atoms with E-state index in [1.54, 1.807) is 0 Å². The average molecular weight is 273 g/mol. The van der Waals surface area contributed by atoms with Gasteiger partial charge in [0.2, 0.25) is 0 Å². The quantitative estimate of drug-likeness (QED) is 0.618. The van der Waals surface area contributed by atoms with Crippen LogP contribution in [0.25, 0.3) is 5.69 Å². The van der Waals surface area contributed by atoms with Gasteiger partial charge in [0, 0.05) is 24.8 Å². The lowest BCUT2D eigenvalue weighted by molar-refractivity contribution is -0.142. The van der Waals surface area contributed by atoms with Gasteiger partial charge in [0.1, 0.15) is 0 Å². The van der Waals surface area contributed by atoms with E-state index in [1.165, 1.54) is 0 Å². The van der Waals surface area contributed by atoms with E-state index in [0.29, 0.717) is 26.1 Å². The Morgan fingerprint density at radius 3 is 2.90 bits per heavy atom. The van der Waals surface area contributed by atoms with E-state index in [1.807, 2.05) is 54.3 Å². The van der Waals surface area contributed by atoms with Gasteiger partial charge in [0.15, 0.2) is 0 Å². The highest BCUT2D eigenvalue weighted by Crippen LogP contribution is 2.07. The molecule has 0 radical (unpaired) electrons. The summed E-state index contributed by atoms with van der Waals surface area (Å²) in [7, 11) is 0. The van der Waals surface area contributed by atoms with Crippen molar-refractivity contribution in [1.29, 1.82) is 0 Å². The van der Waals surface area contributed by atoms with Crippen LogP contribution < -0.4 is 5.32 Å². The van der Waals surface area contributed by atoms with Gasteiger partial charge in [-0.05, 0) is 19.1 Å². The molecule has 20 heavy (non-hydrogen) atoms. The van der Waals surface area contributed by atoms with Crippen molar-refractivity contribution in [1.82, 2.24) is 15.1 Å². The number of para-hydroxylation sites is 1. The maximum absolute atomic E-state index is 11.2. The van der Waals surface area contributed by atoms with Crippen molar-refractivity contribution < 1.29 is 9.53 Å². The minimum Gasteiger partial charge on any atom is -0.466 e. The SMILES string of the molecule is CCOC(=O)CCNCc1cnn(-c2ccccc2)c1. The van der Waals surface area contributed by atoms with Crippen LogP contribution in [0.1, 0.15) is 18.9 Å². The van der Waals surface area contributed by atoms with Gasteiger partial charge in [-0.15, -0.1) is 0 Å². The van der Waals surface area contributed by atoms with Crippen molar-refractivity contribution >= 4 is 5.97 Å². The summed E-state index contributed by atoms with van der Waals surface area (Å²) < 4.78 is 6.70. The summed E-state index contributed by atoms with van der Waals surface area (Å²) in [5, 5.41) is 7.52. The molecule has 2 aromatic rings. The van der Waals surface area contributed by atoms with E-state index >= 15 is 0 Å². The molecule has 0 fully saturated rings. The number of hydrogen-bond acceptors (Lipinski definition) is 4. The Kier molecular flexibility index (Phi) is 5.32. The fraction of sp³-hybridized carbons (Fsp3) is 0.333. The molecule has 5 heteroatoms. The minimum atomic E-state index is -0.167. The van der Waals surface area contributed by atoms with E-state index in [2.05, 4.69) is 10.4 Å². The molecule has 0 saturated heterocycles. The highest BCUT2D eigenvalue weighted by atomic mass is 16.5. The molecule has 0 aliphatic carbocycles. The molecule has 0 unspecified atom stereocenters. The third-order valence-corrected chi connectivity index (χ3v) is 2.80. The number of carbonyl (C=O) groups excluding carboxylic acids is 1. The molecular weight excluding hydrogens is 254 g/mol. The van der Waals surface area contributed by atoms with Gasteiger partial charge in [-0.1, -0.05) is 18.2 Å². The fourth-order valence-corrected chi connectivity index (χ4v) is 1.83. The van der Waals surface area contributed by atoms with E-state index in [0.717, 1.165) is 11.3 Å². The van der Waals surface area contributed by atoms with Crippen LogP contribution in [-0.4, -0.2) is 28.9 Å². The largest absolute Gasteiger partial charge is 0.466 e. The summed E-state index contributed by atoms with van der Waals surface area (Å²) in [6, 6.07) is 9.95. The number of nitrogens with zero attached hydrogens (tertiary/aromatic N) is 2. The lowest BCUT2D eigenvalue weighted by atomic mass is 10.3. The molecule has 0 aliphatic rings. The molecule has 0 aliphatic heterocycles. The first-order valence-electron chi connectivity index (χ1n) is 6.75. The Hall–Kier alpha value is -2.14. The van der Waals surface area contributed by atoms with Crippen molar-refractivity contribution in [3.8, 4) is 5.69 Å². The second-order valence-corrected chi connectivity index (χ2v) is 4.36. The van der Waals surface area contributed by atoms with Gasteiger partial charge in [-0.3, -0.25) is 4.79 Å². The number of nitrogens with one attached hydrogen (secondary N) is 1. The summed E-state index contributed by atoms with van der Waals surface area (Å²) in [6.45, 7) is 3.54. The number of esters is 1. The highest BCUT2D eigenvalue weighted by Gasteiger charge is 2.02. The molecule has 0 bridgehead atoms. The van der Waals surface area contributed by atoms with Crippen LogP contribution in [0, 0.1) is 0 Å². The predicted octanol–water partition coefficient (Wildman–Crippen LogP) is 1.92. The number of ether oxygens (including phenoxy) is 1. The Morgan fingerprint density at radius 1 is 1.35 bits per heavy atom. The second kappa shape index (κ2) is 7.45. The third-order valence-electron chi connectivity index (χ3n) is 2.80. The van der Waals surface area contributed by atoms with Crippen LogP contribution in [0.5, 0.6) is 0 Å². The summed E-state index contributed by atoms with van der Waals surface area (Å²) in [6.07, 6.45) is 4.19. The lowest BCUT2D eigenvalue weighted by Gasteiger charge is -2.03.